The Kier molecular flexibility index (Phi) is 11.4. The fourth-order valence-electron chi connectivity index (χ4n) is 4.96. The molecule has 4 rings (SSSR count). The van der Waals surface area contributed by atoms with Crippen LogP contribution in [-0.4, -0.2) is 99.6 Å². The number of primary sulfonamides is 1. The second kappa shape index (κ2) is 15.1. The zero-order chi connectivity index (χ0) is 35.2. The summed E-state index contributed by atoms with van der Waals surface area (Å²) >= 11 is 0. The number of nitrogens with two attached hydrogens (primary N) is 1. The Hall–Kier alpha value is -4.59. The summed E-state index contributed by atoms with van der Waals surface area (Å²) in [6, 6.07) is 9.94. The second-order valence-corrected chi connectivity index (χ2v) is 14.3. The van der Waals surface area contributed by atoms with Crippen LogP contribution in [0.25, 0.3) is 17.2 Å². The molecule has 0 unspecified atom stereocenters. The van der Waals surface area contributed by atoms with E-state index >= 15 is 0 Å². The minimum absolute atomic E-state index is 0.0815. The topological polar surface area (TPSA) is 213 Å². The number of benzene rings is 1. The van der Waals surface area contributed by atoms with Crippen molar-refractivity contribution in [1.82, 2.24) is 29.7 Å². The Morgan fingerprint density at radius 1 is 0.896 bits per heavy atom. The quantitative estimate of drug-likeness (QED) is 0.177. The molecule has 0 saturated carbocycles. The third-order valence-corrected chi connectivity index (χ3v) is 10.3. The Morgan fingerprint density at radius 3 is 2.15 bits per heavy atom. The molecule has 0 aliphatic heterocycles. The third kappa shape index (κ3) is 7.59. The smallest absolute Gasteiger partial charge is 0.246 e. The minimum atomic E-state index is -4.52. The van der Waals surface area contributed by atoms with Crippen molar-refractivity contribution in [3.63, 3.8) is 0 Å². The molecule has 0 bridgehead atoms. The van der Waals surface area contributed by atoms with E-state index in [2.05, 4.69) is 25.1 Å². The van der Waals surface area contributed by atoms with Crippen molar-refractivity contribution < 1.29 is 40.5 Å². The fourth-order valence-corrected chi connectivity index (χ4v) is 7.17. The molecule has 0 aliphatic rings. The van der Waals surface area contributed by atoms with E-state index in [1.807, 2.05) is 0 Å². The third-order valence-electron chi connectivity index (χ3n) is 7.25. The van der Waals surface area contributed by atoms with Gasteiger partial charge in [-0.3, -0.25) is 9.55 Å². The van der Waals surface area contributed by atoms with E-state index in [4.69, 9.17) is 28.8 Å². The van der Waals surface area contributed by atoms with Crippen molar-refractivity contribution >= 4 is 26.0 Å². The Morgan fingerprint density at radius 2 is 1.56 bits per heavy atom. The molecule has 0 fully saturated rings. The molecule has 48 heavy (non-hydrogen) atoms. The molecule has 2 N–H and O–H groups in total. The molecule has 19 heteroatoms. The van der Waals surface area contributed by atoms with Gasteiger partial charge in [0, 0.05) is 25.9 Å². The molecule has 17 nitrogen and oxygen atoms in total. The van der Waals surface area contributed by atoms with Gasteiger partial charge in [0.1, 0.15) is 39.9 Å². The molecule has 3 aromatic heterocycles. The standard InChI is InChI=1S/C29H38N8O9S2/c1-18-17-31-24(28(32-18)46-7)26(45-6)19(2)48(40,41)36(15-10-16-47(30,38)39)29-35-34-27(20-11-8-14-23(33-20)44-5)37(29)25-21(42-3)12-9-13-22(25)43-4/h8-9,11-14,17,19,26H,10,15-16H2,1-7H3,(H2,30,38,39)/t19-,26+/m0/s1. The first-order valence-corrected chi connectivity index (χ1v) is 17.6. The molecule has 0 amide bonds. The van der Waals surface area contributed by atoms with Gasteiger partial charge < -0.3 is 23.7 Å². The van der Waals surface area contributed by atoms with E-state index in [-0.39, 0.29) is 65.1 Å². The van der Waals surface area contributed by atoms with Crippen LogP contribution in [0.5, 0.6) is 23.3 Å². The van der Waals surface area contributed by atoms with Gasteiger partial charge in [0.2, 0.25) is 37.8 Å². The van der Waals surface area contributed by atoms with Crippen LogP contribution in [-0.2, 0) is 24.8 Å². The highest BCUT2D eigenvalue weighted by atomic mass is 32.2. The number of nitrogens with zero attached hydrogens (tertiary/aromatic N) is 7. The molecular formula is C29H38N8O9S2. The van der Waals surface area contributed by atoms with Crippen LogP contribution in [0.1, 0.15) is 30.8 Å². The lowest BCUT2D eigenvalue weighted by Gasteiger charge is -2.30. The summed E-state index contributed by atoms with van der Waals surface area (Å²) in [5.74, 6) is 0.258. The van der Waals surface area contributed by atoms with Crippen molar-refractivity contribution in [2.45, 2.75) is 31.6 Å². The normalized spacial score (nSPS) is 13.1. The van der Waals surface area contributed by atoms with Gasteiger partial charge in [-0.05, 0) is 38.5 Å². The average Bonchev–Trinajstić information content (AvgIpc) is 3.50. The van der Waals surface area contributed by atoms with Crippen molar-refractivity contribution in [1.29, 1.82) is 0 Å². The van der Waals surface area contributed by atoms with E-state index in [1.54, 1.807) is 43.3 Å². The summed E-state index contributed by atoms with van der Waals surface area (Å²) in [5.41, 5.74) is 1.20. The number of aryl methyl sites for hydroxylation is 1. The van der Waals surface area contributed by atoms with E-state index < -0.39 is 37.2 Å². The molecule has 0 aliphatic carbocycles. The van der Waals surface area contributed by atoms with Gasteiger partial charge in [0.25, 0.3) is 0 Å². The monoisotopic (exact) mass is 706 g/mol. The van der Waals surface area contributed by atoms with E-state index in [0.29, 0.717) is 5.69 Å². The predicted octanol–water partition coefficient (Wildman–Crippen LogP) is 2.05. The van der Waals surface area contributed by atoms with Crippen molar-refractivity contribution in [3.8, 4) is 40.5 Å². The lowest BCUT2D eigenvalue weighted by Crippen LogP contribution is -2.43. The highest BCUT2D eigenvalue weighted by molar-refractivity contribution is 7.93. The number of methoxy groups -OCH3 is 5. The SMILES string of the molecule is COc1cccc(-c2nnc(N(CCCS(N)(=O)=O)S(=O)(=O)[C@@H](C)[C@@H](OC)c3ncc(C)nc3OC)n2-c2c(OC)cccc2OC)n1. The van der Waals surface area contributed by atoms with Gasteiger partial charge in [-0.25, -0.2) is 36.2 Å². The number of para-hydroxylation sites is 1. The van der Waals surface area contributed by atoms with Gasteiger partial charge in [0.05, 0.1) is 39.9 Å². The number of ether oxygens (including phenoxy) is 5. The van der Waals surface area contributed by atoms with Crippen molar-refractivity contribution in [3.05, 3.63) is 54.0 Å². The first kappa shape index (κ1) is 36.2. The summed E-state index contributed by atoms with van der Waals surface area (Å²) in [6.45, 7) is 2.76. The van der Waals surface area contributed by atoms with Crippen molar-refractivity contribution in [2.24, 2.45) is 5.14 Å². The van der Waals surface area contributed by atoms with E-state index in [9.17, 15) is 16.8 Å². The summed E-state index contributed by atoms with van der Waals surface area (Å²) in [6.07, 6.45) is 0.0830. The van der Waals surface area contributed by atoms with Gasteiger partial charge >= 0.3 is 0 Å². The summed E-state index contributed by atoms with van der Waals surface area (Å²) in [4.78, 5) is 13.2. The number of hydrogen-bond donors (Lipinski definition) is 1. The molecular weight excluding hydrogens is 668 g/mol. The van der Waals surface area contributed by atoms with E-state index in [1.165, 1.54) is 53.2 Å². The van der Waals surface area contributed by atoms with Crippen LogP contribution in [0.4, 0.5) is 5.95 Å². The summed E-state index contributed by atoms with van der Waals surface area (Å²) < 4.78 is 83.5. The van der Waals surface area contributed by atoms with Crippen LogP contribution < -0.4 is 28.4 Å². The predicted molar refractivity (Wildman–Crippen MR) is 176 cm³/mol. The first-order chi connectivity index (χ1) is 22.8. The van der Waals surface area contributed by atoms with Crippen LogP contribution >= 0.6 is 0 Å². The highest BCUT2D eigenvalue weighted by Crippen LogP contribution is 2.40. The fraction of sp³-hybridized carbons (Fsp3) is 0.414. The summed E-state index contributed by atoms with van der Waals surface area (Å²) in [5, 5.41) is 12.6. The molecule has 0 radical (unpaired) electrons. The number of aromatic nitrogens is 6. The number of anilines is 1. The maximum Gasteiger partial charge on any atom is 0.246 e. The Labute approximate surface area is 279 Å². The van der Waals surface area contributed by atoms with Crippen LogP contribution in [0.3, 0.4) is 0 Å². The lowest BCUT2D eigenvalue weighted by molar-refractivity contribution is 0.0952. The molecule has 2 atom stereocenters. The molecule has 0 spiro atoms. The molecule has 260 valence electrons. The molecule has 4 aromatic rings. The largest absolute Gasteiger partial charge is 0.494 e. The van der Waals surface area contributed by atoms with Crippen LogP contribution in [0.15, 0.2) is 42.6 Å². The number of rotatable bonds is 16. The zero-order valence-corrected chi connectivity index (χ0v) is 29.1. The van der Waals surface area contributed by atoms with Crippen LogP contribution in [0.2, 0.25) is 0 Å². The van der Waals surface area contributed by atoms with E-state index in [0.717, 1.165) is 4.31 Å². The van der Waals surface area contributed by atoms with Crippen LogP contribution in [0, 0.1) is 6.92 Å². The van der Waals surface area contributed by atoms with Gasteiger partial charge in [-0.15, -0.1) is 10.2 Å². The highest BCUT2D eigenvalue weighted by Gasteiger charge is 2.41. The van der Waals surface area contributed by atoms with Gasteiger partial charge in [0.15, 0.2) is 5.82 Å². The lowest BCUT2D eigenvalue weighted by atomic mass is 10.2. The first-order valence-electron chi connectivity index (χ1n) is 14.4. The van der Waals surface area contributed by atoms with Gasteiger partial charge in [-0.2, -0.15) is 0 Å². The maximum absolute atomic E-state index is 14.8. The number of pyridine rings is 1. The zero-order valence-electron chi connectivity index (χ0n) is 27.5. The molecule has 3 heterocycles. The number of sulfonamides is 2. The number of hydrogen-bond acceptors (Lipinski definition) is 14. The average molecular weight is 707 g/mol. The minimum Gasteiger partial charge on any atom is -0.494 e. The van der Waals surface area contributed by atoms with Crippen molar-refractivity contribution in [2.75, 3.05) is 52.2 Å². The van der Waals surface area contributed by atoms with Gasteiger partial charge in [-0.1, -0.05) is 12.1 Å². The molecule has 1 aromatic carbocycles. The second-order valence-electron chi connectivity index (χ2n) is 10.3. The Bertz CT molecular complexity index is 1930. The maximum atomic E-state index is 14.8. The Balaban J connectivity index is 2.01. The molecule has 0 saturated heterocycles. The summed E-state index contributed by atoms with van der Waals surface area (Å²) in [7, 11) is -1.44.